The van der Waals surface area contributed by atoms with Gasteiger partial charge >= 0.3 is 0 Å². The topological polar surface area (TPSA) is 0 Å². The van der Waals surface area contributed by atoms with Gasteiger partial charge in [-0.05, 0) is 49.8 Å². The van der Waals surface area contributed by atoms with Gasteiger partial charge in [0.05, 0.1) is 0 Å². The van der Waals surface area contributed by atoms with E-state index in [0.29, 0.717) is 11.2 Å². The lowest BCUT2D eigenvalue weighted by Crippen LogP contribution is -2.25. The molecule has 2 aliphatic carbocycles. The number of benzene rings is 1. The van der Waals surface area contributed by atoms with Crippen LogP contribution in [0.2, 0.25) is 0 Å². The van der Waals surface area contributed by atoms with Gasteiger partial charge in [-0.2, -0.15) is 0 Å². The first-order chi connectivity index (χ1) is 11.8. The SMILES string of the molecule is C=C1C=C(C(C)(C)SC2C=CC(c3ccc(C)cc3)=CC2C)C=CC1. The number of rotatable bonds is 4. The molecule has 2 unspecified atom stereocenters. The van der Waals surface area contributed by atoms with Gasteiger partial charge < -0.3 is 0 Å². The largest absolute Gasteiger partial charge is 0.143 e. The quantitative estimate of drug-likeness (QED) is 0.570. The van der Waals surface area contributed by atoms with E-state index in [1.165, 1.54) is 27.8 Å². The minimum absolute atomic E-state index is 0.0817. The van der Waals surface area contributed by atoms with E-state index in [9.17, 15) is 0 Å². The lowest BCUT2D eigenvalue weighted by Gasteiger charge is -2.34. The average molecular weight is 349 g/mol. The summed E-state index contributed by atoms with van der Waals surface area (Å²) in [6.45, 7) is 13.2. The molecule has 2 atom stereocenters. The van der Waals surface area contributed by atoms with Crippen molar-refractivity contribution in [3.8, 4) is 0 Å². The predicted octanol–water partition coefficient (Wildman–Crippen LogP) is 6.91. The Morgan fingerprint density at radius 2 is 1.84 bits per heavy atom. The summed E-state index contributed by atoms with van der Waals surface area (Å²) < 4.78 is 0.0817. The van der Waals surface area contributed by atoms with E-state index in [2.05, 4.69) is 95.0 Å². The fraction of sp³-hybridized carbons (Fsp3) is 0.333. The molecule has 130 valence electrons. The zero-order chi connectivity index (χ0) is 18.0. The Balaban J connectivity index is 1.73. The van der Waals surface area contributed by atoms with E-state index >= 15 is 0 Å². The van der Waals surface area contributed by atoms with Gasteiger partial charge in [0.1, 0.15) is 0 Å². The Hall–Kier alpha value is -1.73. The molecule has 0 saturated heterocycles. The molecule has 1 aromatic carbocycles. The predicted molar refractivity (Wildman–Crippen MR) is 114 cm³/mol. The second kappa shape index (κ2) is 7.25. The Bertz CT molecular complexity index is 769. The molecule has 1 aromatic rings. The molecule has 0 bridgehead atoms. The van der Waals surface area contributed by atoms with Crippen LogP contribution in [0.1, 0.15) is 38.3 Å². The lowest BCUT2D eigenvalue weighted by atomic mass is 9.92. The molecule has 0 nitrogen and oxygen atoms in total. The molecule has 0 aromatic heterocycles. The minimum atomic E-state index is 0.0817. The summed E-state index contributed by atoms with van der Waals surface area (Å²) in [4.78, 5) is 0. The number of hydrogen-bond acceptors (Lipinski definition) is 1. The number of aryl methyl sites for hydroxylation is 1. The molecule has 1 heteroatoms. The third-order valence-corrected chi connectivity index (χ3v) is 6.66. The summed E-state index contributed by atoms with van der Waals surface area (Å²) in [5, 5.41) is 0.494. The highest BCUT2D eigenvalue weighted by Gasteiger charge is 2.30. The fourth-order valence-electron chi connectivity index (χ4n) is 3.34. The highest BCUT2D eigenvalue weighted by molar-refractivity contribution is 8.01. The summed E-state index contributed by atoms with van der Waals surface area (Å²) in [7, 11) is 0. The Kier molecular flexibility index (Phi) is 5.24. The first kappa shape index (κ1) is 18.1. The molecular formula is C24H28S. The van der Waals surface area contributed by atoms with E-state index in [1.54, 1.807) is 0 Å². The summed E-state index contributed by atoms with van der Waals surface area (Å²) >= 11 is 2.05. The second-order valence-corrected chi connectivity index (χ2v) is 9.46. The molecule has 0 amide bonds. The molecule has 3 rings (SSSR count). The Labute approximate surface area is 157 Å². The van der Waals surface area contributed by atoms with Gasteiger partial charge in [-0.1, -0.05) is 85.4 Å². The van der Waals surface area contributed by atoms with Crippen molar-refractivity contribution in [2.75, 3.05) is 0 Å². The van der Waals surface area contributed by atoms with Gasteiger partial charge in [-0.15, -0.1) is 11.8 Å². The molecule has 2 aliphatic rings. The molecule has 0 N–H and O–H groups in total. The highest BCUT2D eigenvalue weighted by atomic mass is 32.2. The van der Waals surface area contributed by atoms with Crippen LogP contribution in [0.5, 0.6) is 0 Å². The molecule has 0 fully saturated rings. The van der Waals surface area contributed by atoms with Crippen LogP contribution < -0.4 is 0 Å². The number of allylic oxidation sites excluding steroid dienone is 7. The number of hydrogen-bond donors (Lipinski definition) is 0. The van der Waals surface area contributed by atoms with Crippen LogP contribution in [0.15, 0.2) is 78.4 Å². The molecule has 0 spiro atoms. The van der Waals surface area contributed by atoms with Crippen LogP contribution in [0.25, 0.3) is 5.57 Å². The molecule has 0 heterocycles. The molecule has 0 radical (unpaired) electrons. The van der Waals surface area contributed by atoms with Gasteiger partial charge in [0.25, 0.3) is 0 Å². The van der Waals surface area contributed by atoms with Gasteiger partial charge in [0.15, 0.2) is 0 Å². The van der Waals surface area contributed by atoms with Crippen molar-refractivity contribution in [1.82, 2.24) is 0 Å². The maximum Gasteiger partial charge on any atom is 0.0358 e. The minimum Gasteiger partial charge on any atom is -0.143 e. The summed E-state index contributed by atoms with van der Waals surface area (Å²) in [5.74, 6) is 0.516. The zero-order valence-corrected chi connectivity index (χ0v) is 16.6. The first-order valence-corrected chi connectivity index (χ1v) is 9.94. The summed E-state index contributed by atoms with van der Waals surface area (Å²) in [5.41, 5.74) is 6.54. The monoisotopic (exact) mass is 348 g/mol. The van der Waals surface area contributed by atoms with Crippen LogP contribution >= 0.6 is 11.8 Å². The van der Waals surface area contributed by atoms with Crippen LogP contribution in [0.3, 0.4) is 0 Å². The third-order valence-electron chi connectivity index (χ3n) is 4.97. The fourth-order valence-corrected chi connectivity index (χ4v) is 4.73. The normalized spacial score (nSPS) is 23.4. The lowest BCUT2D eigenvalue weighted by molar-refractivity contribution is 0.739. The Morgan fingerprint density at radius 1 is 1.12 bits per heavy atom. The molecule has 0 saturated carbocycles. The van der Waals surface area contributed by atoms with Crippen LogP contribution in [0, 0.1) is 12.8 Å². The first-order valence-electron chi connectivity index (χ1n) is 9.06. The Morgan fingerprint density at radius 3 is 2.48 bits per heavy atom. The molecular weight excluding hydrogens is 320 g/mol. The molecule has 0 aliphatic heterocycles. The van der Waals surface area contributed by atoms with Gasteiger partial charge in [0.2, 0.25) is 0 Å². The van der Waals surface area contributed by atoms with Crippen LogP contribution in [-0.2, 0) is 0 Å². The maximum atomic E-state index is 4.13. The zero-order valence-electron chi connectivity index (χ0n) is 15.8. The standard InChI is InChI=1S/C24H28S/c1-17-9-11-20(12-10-17)21-13-14-23(19(3)16-21)25-24(4,5)22-8-6-7-18(2)15-22/h6,8-16,19,23H,2,7H2,1,3-5H3. The van der Waals surface area contributed by atoms with Gasteiger partial charge in [-0.3, -0.25) is 0 Å². The van der Waals surface area contributed by atoms with Crippen molar-refractivity contribution in [2.45, 2.75) is 44.1 Å². The molecule has 25 heavy (non-hydrogen) atoms. The van der Waals surface area contributed by atoms with E-state index in [1.807, 2.05) is 11.8 Å². The second-order valence-electron chi connectivity index (χ2n) is 7.66. The van der Waals surface area contributed by atoms with E-state index in [0.717, 1.165) is 6.42 Å². The van der Waals surface area contributed by atoms with E-state index in [4.69, 9.17) is 0 Å². The maximum absolute atomic E-state index is 4.13. The van der Waals surface area contributed by atoms with Crippen LogP contribution in [-0.4, -0.2) is 10.00 Å². The average Bonchev–Trinajstić information content (AvgIpc) is 2.57. The van der Waals surface area contributed by atoms with E-state index < -0.39 is 0 Å². The van der Waals surface area contributed by atoms with Crippen LogP contribution in [0.4, 0.5) is 0 Å². The smallest absolute Gasteiger partial charge is 0.0358 e. The third kappa shape index (κ3) is 4.27. The van der Waals surface area contributed by atoms with Crippen molar-refractivity contribution >= 4 is 17.3 Å². The van der Waals surface area contributed by atoms with Crippen molar-refractivity contribution in [2.24, 2.45) is 5.92 Å². The van der Waals surface area contributed by atoms with Crippen molar-refractivity contribution in [3.63, 3.8) is 0 Å². The summed E-state index contributed by atoms with van der Waals surface area (Å²) in [6.07, 6.45) is 14.8. The van der Waals surface area contributed by atoms with Crippen molar-refractivity contribution < 1.29 is 0 Å². The van der Waals surface area contributed by atoms with Gasteiger partial charge in [0, 0.05) is 10.00 Å². The number of thioether (sulfide) groups is 1. The van der Waals surface area contributed by atoms with Gasteiger partial charge in [-0.25, -0.2) is 0 Å². The highest BCUT2D eigenvalue weighted by Crippen LogP contribution is 2.43. The summed E-state index contributed by atoms with van der Waals surface area (Å²) in [6, 6.07) is 8.82. The van der Waals surface area contributed by atoms with E-state index in [-0.39, 0.29) is 4.75 Å². The van der Waals surface area contributed by atoms with Crippen molar-refractivity contribution in [1.29, 1.82) is 0 Å². The van der Waals surface area contributed by atoms with Crippen molar-refractivity contribution in [3.05, 3.63) is 89.6 Å².